The van der Waals surface area contributed by atoms with Crippen molar-refractivity contribution in [3.63, 3.8) is 0 Å². The minimum atomic E-state index is -1.15. The van der Waals surface area contributed by atoms with E-state index < -0.39 is 5.97 Å². The minimum absolute atomic E-state index is 0.0185. The van der Waals surface area contributed by atoms with E-state index in [1.54, 1.807) is 0 Å². The van der Waals surface area contributed by atoms with Crippen LogP contribution in [0.1, 0.15) is 11.1 Å². The lowest BCUT2D eigenvalue weighted by Gasteiger charge is -2.04. The highest BCUT2D eigenvalue weighted by atomic mass is 16.4. The van der Waals surface area contributed by atoms with E-state index in [4.69, 9.17) is 0 Å². The summed E-state index contributed by atoms with van der Waals surface area (Å²) in [4.78, 5) is 11.3. The van der Waals surface area contributed by atoms with Crippen molar-refractivity contribution < 1.29 is 25.2 Å². The summed E-state index contributed by atoms with van der Waals surface area (Å²) in [6.45, 7) is 0. The van der Waals surface area contributed by atoms with Crippen molar-refractivity contribution in [2.24, 2.45) is 0 Å². The normalized spacial score (nSPS) is 11.3. The van der Waals surface area contributed by atoms with Gasteiger partial charge in [-0.1, -0.05) is 12.1 Å². The maximum atomic E-state index is 11.3. The zero-order valence-electron chi connectivity index (χ0n) is 10.3. The van der Waals surface area contributed by atoms with Gasteiger partial charge in [-0.2, -0.15) is 0 Å². The van der Waals surface area contributed by atoms with Crippen molar-refractivity contribution in [3.8, 4) is 17.2 Å². The highest BCUT2D eigenvalue weighted by Gasteiger charge is 2.11. The summed E-state index contributed by atoms with van der Waals surface area (Å²) < 4.78 is 0. The van der Waals surface area contributed by atoms with Gasteiger partial charge < -0.3 is 20.4 Å². The third-order valence-electron chi connectivity index (χ3n) is 2.64. The topological polar surface area (TPSA) is 98.0 Å². The van der Waals surface area contributed by atoms with E-state index >= 15 is 0 Å². The zero-order chi connectivity index (χ0) is 14.7. The first-order valence-electron chi connectivity index (χ1n) is 5.73. The lowest BCUT2D eigenvalue weighted by Crippen LogP contribution is -1.99. The first kappa shape index (κ1) is 13.5. The van der Waals surface area contributed by atoms with Crippen LogP contribution in [0.2, 0.25) is 0 Å². The molecule has 0 saturated heterocycles. The van der Waals surface area contributed by atoms with Gasteiger partial charge in [0.15, 0.2) is 0 Å². The van der Waals surface area contributed by atoms with Gasteiger partial charge in [0, 0.05) is 6.07 Å². The van der Waals surface area contributed by atoms with E-state index in [1.165, 1.54) is 42.5 Å². The van der Waals surface area contributed by atoms with Crippen molar-refractivity contribution in [1.82, 2.24) is 0 Å². The lowest BCUT2D eigenvalue weighted by molar-refractivity contribution is -0.130. The quantitative estimate of drug-likeness (QED) is 0.508. The Hall–Kier alpha value is -2.95. The second kappa shape index (κ2) is 5.36. The average Bonchev–Trinajstić information content (AvgIpc) is 2.36. The number of aliphatic carboxylic acids is 1. The molecule has 0 saturated carbocycles. The number of carboxylic acid groups (broad SMARTS) is 1. The van der Waals surface area contributed by atoms with Gasteiger partial charge in [0.2, 0.25) is 0 Å². The van der Waals surface area contributed by atoms with E-state index in [9.17, 15) is 25.2 Å². The molecule has 0 amide bonds. The molecule has 102 valence electrons. The molecule has 0 atom stereocenters. The van der Waals surface area contributed by atoms with Gasteiger partial charge in [-0.05, 0) is 41.5 Å². The molecule has 0 radical (unpaired) electrons. The molecule has 2 aromatic carbocycles. The van der Waals surface area contributed by atoms with Crippen molar-refractivity contribution >= 4 is 17.6 Å². The second-order valence-corrected chi connectivity index (χ2v) is 4.19. The van der Waals surface area contributed by atoms with Crippen LogP contribution in [-0.4, -0.2) is 26.4 Å². The standard InChI is InChI=1S/C15H12O5/c16-11-3-1-10(2-4-11)14(15(19)20)7-9-5-12(17)8-13(18)6-9/h1-8,16-18H,(H,19,20)/b14-7+. The molecule has 5 nitrogen and oxygen atoms in total. The molecule has 4 N–H and O–H groups in total. The number of hydrogen-bond donors (Lipinski definition) is 4. The first-order chi connectivity index (χ1) is 9.45. The molecule has 0 heterocycles. The Balaban J connectivity index is 2.50. The first-order valence-corrected chi connectivity index (χ1v) is 5.73. The Morgan fingerprint density at radius 3 is 1.90 bits per heavy atom. The highest BCUT2D eigenvalue weighted by Crippen LogP contribution is 2.25. The van der Waals surface area contributed by atoms with Gasteiger partial charge in [-0.15, -0.1) is 0 Å². The number of phenolic OH excluding ortho intramolecular Hbond substituents is 3. The van der Waals surface area contributed by atoms with Crippen LogP contribution in [0.4, 0.5) is 0 Å². The Morgan fingerprint density at radius 1 is 0.850 bits per heavy atom. The molecule has 0 aliphatic rings. The van der Waals surface area contributed by atoms with Crippen LogP contribution in [0.3, 0.4) is 0 Å². The summed E-state index contributed by atoms with van der Waals surface area (Å²) in [5.41, 5.74) is 0.737. The van der Waals surface area contributed by atoms with Crippen molar-refractivity contribution in [3.05, 3.63) is 53.6 Å². The van der Waals surface area contributed by atoms with Crippen LogP contribution >= 0.6 is 0 Å². The molecule has 0 unspecified atom stereocenters. The number of carbonyl (C=O) groups is 1. The third-order valence-corrected chi connectivity index (χ3v) is 2.64. The molecule has 2 rings (SSSR count). The molecule has 0 aliphatic heterocycles. The fourth-order valence-electron chi connectivity index (χ4n) is 1.78. The molecule has 0 aliphatic carbocycles. The summed E-state index contributed by atoms with van der Waals surface area (Å²) in [6, 6.07) is 9.53. The fraction of sp³-hybridized carbons (Fsp3) is 0. The fourth-order valence-corrected chi connectivity index (χ4v) is 1.78. The van der Waals surface area contributed by atoms with Crippen molar-refractivity contribution in [1.29, 1.82) is 0 Å². The minimum Gasteiger partial charge on any atom is -0.508 e. The van der Waals surface area contributed by atoms with Crippen LogP contribution < -0.4 is 0 Å². The molecule has 20 heavy (non-hydrogen) atoms. The molecular formula is C15H12O5. The Bertz CT molecular complexity index is 651. The average molecular weight is 272 g/mol. The maximum Gasteiger partial charge on any atom is 0.336 e. The molecule has 2 aromatic rings. The summed E-state index contributed by atoms with van der Waals surface area (Å²) in [7, 11) is 0. The van der Waals surface area contributed by atoms with E-state index in [-0.39, 0.29) is 22.8 Å². The molecular weight excluding hydrogens is 260 g/mol. The summed E-state index contributed by atoms with van der Waals surface area (Å²) in [5.74, 6) is -1.44. The van der Waals surface area contributed by atoms with Crippen LogP contribution in [-0.2, 0) is 4.79 Å². The maximum absolute atomic E-state index is 11.3. The van der Waals surface area contributed by atoms with E-state index in [2.05, 4.69) is 0 Å². The molecule has 0 spiro atoms. The number of carboxylic acids is 1. The van der Waals surface area contributed by atoms with E-state index in [0.717, 1.165) is 6.07 Å². The second-order valence-electron chi connectivity index (χ2n) is 4.19. The Labute approximate surface area is 114 Å². The van der Waals surface area contributed by atoms with Gasteiger partial charge in [0.25, 0.3) is 0 Å². The van der Waals surface area contributed by atoms with Gasteiger partial charge in [-0.25, -0.2) is 4.79 Å². The number of hydrogen-bond acceptors (Lipinski definition) is 4. The molecule has 0 fully saturated rings. The largest absolute Gasteiger partial charge is 0.508 e. The van der Waals surface area contributed by atoms with Crippen molar-refractivity contribution in [2.45, 2.75) is 0 Å². The predicted molar refractivity (Wildman–Crippen MR) is 73.4 cm³/mol. The number of rotatable bonds is 3. The molecule has 0 aromatic heterocycles. The number of benzene rings is 2. The van der Waals surface area contributed by atoms with Crippen LogP contribution in [0, 0.1) is 0 Å². The summed E-state index contributed by atoms with van der Waals surface area (Å²) in [5, 5.41) is 37.2. The monoisotopic (exact) mass is 272 g/mol. The Morgan fingerprint density at radius 2 is 1.40 bits per heavy atom. The van der Waals surface area contributed by atoms with Gasteiger partial charge in [0.1, 0.15) is 17.2 Å². The van der Waals surface area contributed by atoms with Gasteiger partial charge >= 0.3 is 5.97 Å². The SMILES string of the molecule is O=C(O)/C(=C/c1cc(O)cc(O)c1)c1ccc(O)cc1. The summed E-state index contributed by atoms with van der Waals surface area (Å²) >= 11 is 0. The smallest absolute Gasteiger partial charge is 0.336 e. The number of aromatic hydroxyl groups is 3. The number of phenols is 3. The summed E-state index contributed by atoms with van der Waals surface area (Å²) in [6.07, 6.45) is 1.33. The van der Waals surface area contributed by atoms with E-state index in [1.807, 2.05) is 0 Å². The zero-order valence-corrected chi connectivity index (χ0v) is 10.3. The lowest BCUT2D eigenvalue weighted by atomic mass is 10.0. The Kier molecular flexibility index (Phi) is 3.61. The van der Waals surface area contributed by atoms with Crippen molar-refractivity contribution in [2.75, 3.05) is 0 Å². The van der Waals surface area contributed by atoms with Gasteiger partial charge in [-0.3, -0.25) is 0 Å². The highest BCUT2D eigenvalue weighted by molar-refractivity contribution is 6.20. The molecule has 0 bridgehead atoms. The van der Waals surface area contributed by atoms with Gasteiger partial charge in [0.05, 0.1) is 5.57 Å². The predicted octanol–water partition coefficient (Wildman–Crippen LogP) is 2.43. The third kappa shape index (κ3) is 3.08. The van der Waals surface area contributed by atoms with Crippen LogP contribution in [0.15, 0.2) is 42.5 Å². The van der Waals surface area contributed by atoms with E-state index in [0.29, 0.717) is 11.1 Å². The molecule has 5 heteroatoms. The van der Waals surface area contributed by atoms with Crippen LogP contribution in [0.5, 0.6) is 17.2 Å². The van der Waals surface area contributed by atoms with Crippen LogP contribution in [0.25, 0.3) is 11.6 Å².